The Labute approximate surface area is 133 Å². The number of nitrogens with zero attached hydrogens (tertiary/aromatic N) is 2. The van der Waals surface area contributed by atoms with Crippen molar-refractivity contribution in [3.63, 3.8) is 0 Å². The molecule has 6 nitrogen and oxygen atoms in total. The summed E-state index contributed by atoms with van der Waals surface area (Å²) in [6, 6.07) is 3.79. The van der Waals surface area contributed by atoms with Crippen LogP contribution in [0.2, 0.25) is 0 Å². The van der Waals surface area contributed by atoms with E-state index in [0.29, 0.717) is 30.8 Å². The summed E-state index contributed by atoms with van der Waals surface area (Å²) in [5.41, 5.74) is 6.46. The van der Waals surface area contributed by atoms with Gasteiger partial charge in [-0.15, -0.1) is 11.3 Å². The number of primary amides is 1. The number of fused-ring (bicyclic) bond motifs is 1. The highest BCUT2D eigenvalue weighted by atomic mass is 32.2. The predicted molar refractivity (Wildman–Crippen MR) is 86.5 cm³/mol. The number of sulfonamides is 1. The summed E-state index contributed by atoms with van der Waals surface area (Å²) in [7, 11) is -3.16. The van der Waals surface area contributed by atoms with Crippen LogP contribution in [-0.4, -0.2) is 43.0 Å². The molecule has 8 heteroatoms. The molecule has 2 aromatic heterocycles. The van der Waals surface area contributed by atoms with Crippen molar-refractivity contribution in [2.24, 2.45) is 5.73 Å². The maximum absolute atomic E-state index is 11.8. The number of hydrogen-bond acceptors (Lipinski definition) is 5. The standard InChI is InChI=1S/C14H17N3O3S2/c1-22(19,20)17-7-4-9(5-8-17)11-10-3-2-6-16-14(10)21-12(11)13(15)18/h2-3,6,9H,4-5,7-8H2,1H3,(H2,15,18). The lowest BCUT2D eigenvalue weighted by atomic mass is 9.88. The number of pyridine rings is 1. The molecule has 3 rings (SSSR count). The number of amides is 1. The maximum atomic E-state index is 11.8. The van der Waals surface area contributed by atoms with Crippen LogP contribution in [0.15, 0.2) is 18.3 Å². The molecule has 0 bridgehead atoms. The second kappa shape index (κ2) is 5.60. The van der Waals surface area contributed by atoms with Crippen LogP contribution in [0.5, 0.6) is 0 Å². The van der Waals surface area contributed by atoms with E-state index in [2.05, 4.69) is 4.98 Å². The Hall–Kier alpha value is -1.51. The summed E-state index contributed by atoms with van der Waals surface area (Å²) in [5, 5.41) is 0.958. The zero-order chi connectivity index (χ0) is 15.9. The number of hydrogen-bond donors (Lipinski definition) is 1. The summed E-state index contributed by atoms with van der Waals surface area (Å²) in [6.45, 7) is 0.943. The molecule has 1 aliphatic heterocycles. The summed E-state index contributed by atoms with van der Waals surface area (Å²) in [5.74, 6) is -0.304. The van der Waals surface area contributed by atoms with E-state index in [1.54, 1.807) is 6.20 Å². The van der Waals surface area contributed by atoms with Crippen LogP contribution in [0.25, 0.3) is 10.2 Å². The van der Waals surface area contributed by atoms with Crippen LogP contribution in [0, 0.1) is 0 Å². The quantitative estimate of drug-likeness (QED) is 0.918. The third-order valence-electron chi connectivity index (χ3n) is 4.06. The van der Waals surface area contributed by atoms with E-state index >= 15 is 0 Å². The van der Waals surface area contributed by atoms with Crippen LogP contribution < -0.4 is 5.73 Å². The van der Waals surface area contributed by atoms with Gasteiger partial charge in [0, 0.05) is 24.7 Å². The van der Waals surface area contributed by atoms with Crippen molar-refractivity contribution in [3.8, 4) is 0 Å². The molecule has 0 radical (unpaired) electrons. The molecule has 22 heavy (non-hydrogen) atoms. The van der Waals surface area contributed by atoms with Crippen molar-refractivity contribution < 1.29 is 13.2 Å². The van der Waals surface area contributed by atoms with Crippen LogP contribution in [0.4, 0.5) is 0 Å². The van der Waals surface area contributed by atoms with E-state index in [0.717, 1.165) is 15.8 Å². The van der Waals surface area contributed by atoms with E-state index in [-0.39, 0.29) is 5.92 Å². The smallest absolute Gasteiger partial charge is 0.259 e. The third kappa shape index (κ3) is 2.73. The molecular formula is C14H17N3O3S2. The van der Waals surface area contributed by atoms with Crippen molar-refractivity contribution >= 4 is 37.5 Å². The Morgan fingerprint density at radius 1 is 1.41 bits per heavy atom. The highest BCUT2D eigenvalue weighted by Crippen LogP contribution is 2.39. The fraction of sp³-hybridized carbons (Fsp3) is 0.429. The Bertz CT molecular complexity index is 821. The van der Waals surface area contributed by atoms with Crippen LogP contribution >= 0.6 is 11.3 Å². The average Bonchev–Trinajstić information content (AvgIpc) is 2.86. The van der Waals surface area contributed by atoms with Gasteiger partial charge in [-0.3, -0.25) is 4.79 Å². The molecule has 0 atom stereocenters. The SMILES string of the molecule is CS(=O)(=O)N1CCC(c2c(C(N)=O)sc3ncccc23)CC1. The molecule has 0 saturated carbocycles. The Morgan fingerprint density at radius 3 is 2.68 bits per heavy atom. The van der Waals surface area contributed by atoms with Crippen molar-refractivity contribution in [2.45, 2.75) is 18.8 Å². The first-order valence-corrected chi connectivity index (χ1v) is 9.66. The van der Waals surface area contributed by atoms with Gasteiger partial charge in [-0.1, -0.05) is 6.07 Å². The van der Waals surface area contributed by atoms with Gasteiger partial charge < -0.3 is 5.73 Å². The minimum Gasteiger partial charge on any atom is -0.365 e. The number of rotatable bonds is 3. The van der Waals surface area contributed by atoms with Gasteiger partial charge in [-0.2, -0.15) is 0 Å². The van der Waals surface area contributed by atoms with E-state index in [9.17, 15) is 13.2 Å². The minimum absolute atomic E-state index is 0.137. The lowest BCUT2D eigenvalue weighted by Gasteiger charge is -2.30. The summed E-state index contributed by atoms with van der Waals surface area (Å²) in [4.78, 5) is 17.4. The van der Waals surface area contributed by atoms with Gasteiger partial charge in [0.1, 0.15) is 4.83 Å². The van der Waals surface area contributed by atoms with Crippen molar-refractivity contribution in [1.82, 2.24) is 9.29 Å². The summed E-state index contributed by atoms with van der Waals surface area (Å²) < 4.78 is 24.7. The predicted octanol–water partition coefficient (Wildman–Crippen LogP) is 1.53. The van der Waals surface area contributed by atoms with Gasteiger partial charge in [0.2, 0.25) is 10.0 Å². The number of aromatic nitrogens is 1. The van der Waals surface area contributed by atoms with Gasteiger partial charge in [-0.25, -0.2) is 17.7 Å². The largest absolute Gasteiger partial charge is 0.365 e. The minimum atomic E-state index is -3.16. The lowest BCUT2D eigenvalue weighted by molar-refractivity contribution is 0.100. The van der Waals surface area contributed by atoms with Gasteiger partial charge in [-0.05, 0) is 30.4 Å². The fourth-order valence-corrected chi connectivity index (χ4v) is 4.97. The number of carbonyl (C=O) groups is 1. The van der Waals surface area contributed by atoms with Gasteiger partial charge in [0.25, 0.3) is 5.91 Å². The fourth-order valence-electron chi connectivity index (χ4n) is 3.02. The van der Waals surface area contributed by atoms with Crippen LogP contribution in [0.1, 0.15) is 34.0 Å². The summed E-state index contributed by atoms with van der Waals surface area (Å²) >= 11 is 1.31. The number of carbonyl (C=O) groups excluding carboxylic acids is 1. The molecule has 2 aromatic rings. The molecule has 0 aromatic carbocycles. The highest BCUT2D eigenvalue weighted by Gasteiger charge is 2.30. The lowest BCUT2D eigenvalue weighted by Crippen LogP contribution is -2.37. The number of piperidine rings is 1. The van der Waals surface area contributed by atoms with Crippen molar-refractivity contribution in [3.05, 3.63) is 28.8 Å². The third-order valence-corrected chi connectivity index (χ3v) is 6.51. The number of nitrogens with two attached hydrogens (primary N) is 1. The van der Waals surface area contributed by atoms with E-state index in [1.165, 1.54) is 21.9 Å². The monoisotopic (exact) mass is 339 g/mol. The van der Waals surface area contributed by atoms with Crippen LogP contribution in [0.3, 0.4) is 0 Å². The Balaban J connectivity index is 1.97. The Kier molecular flexibility index (Phi) is 3.92. The molecule has 3 heterocycles. The molecule has 0 unspecified atom stereocenters. The van der Waals surface area contributed by atoms with E-state index in [1.807, 2.05) is 12.1 Å². The molecule has 118 valence electrons. The normalized spacial score (nSPS) is 17.9. The van der Waals surface area contributed by atoms with E-state index in [4.69, 9.17) is 5.73 Å². The molecule has 1 fully saturated rings. The molecular weight excluding hydrogens is 322 g/mol. The molecule has 0 aliphatic carbocycles. The zero-order valence-corrected chi connectivity index (χ0v) is 13.8. The van der Waals surface area contributed by atoms with Gasteiger partial charge >= 0.3 is 0 Å². The summed E-state index contributed by atoms with van der Waals surface area (Å²) in [6.07, 6.45) is 4.30. The molecule has 1 saturated heterocycles. The molecule has 0 spiro atoms. The highest BCUT2D eigenvalue weighted by molar-refractivity contribution is 7.88. The van der Waals surface area contributed by atoms with Crippen molar-refractivity contribution in [1.29, 1.82) is 0 Å². The second-order valence-electron chi connectivity index (χ2n) is 5.50. The Morgan fingerprint density at radius 2 is 2.09 bits per heavy atom. The first kappa shape index (κ1) is 15.4. The topological polar surface area (TPSA) is 93.4 Å². The van der Waals surface area contributed by atoms with E-state index < -0.39 is 15.9 Å². The first-order chi connectivity index (χ1) is 10.4. The first-order valence-electron chi connectivity index (χ1n) is 7.00. The second-order valence-corrected chi connectivity index (χ2v) is 8.48. The zero-order valence-electron chi connectivity index (χ0n) is 12.2. The average molecular weight is 339 g/mol. The molecule has 1 amide bonds. The number of thiophene rings is 1. The van der Waals surface area contributed by atoms with Crippen molar-refractivity contribution in [2.75, 3.05) is 19.3 Å². The van der Waals surface area contributed by atoms with Gasteiger partial charge in [0.15, 0.2) is 0 Å². The van der Waals surface area contributed by atoms with Crippen LogP contribution in [-0.2, 0) is 10.0 Å². The van der Waals surface area contributed by atoms with Gasteiger partial charge in [0.05, 0.1) is 11.1 Å². The molecule has 2 N–H and O–H groups in total. The maximum Gasteiger partial charge on any atom is 0.259 e. The molecule has 1 aliphatic rings.